The van der Waals surface area contributed by atoms with Crippen molar-refractivity contribution >= 4 is 5.91 Å². The zero-order valence-corrected chi connectivity index (χ0v) is 12.9. The number of carbonyl (C=O) groups excluding carboxylic acids is 1. The highest BCUT2D eigenvalue weighted by atomic mass is 16.2. The summed E-state index contributed by atoms with van der Waals surface area (Å²) in [6.07, 6.45) is 5.19. The van der Waals surface area contributed by atoms with Crippen molar-refractivity contribution in [3.05, 3.63) is 35.4 Å². The van der Waals surface area contributed by atoms with Crippen LogP contribution >= 0.6 is 0 Å². The van der Waals surface area contributed by atoms with Gasteiger partial charge in [-0.05, 0) is 62.6 Å². The number of hydrogen-bond donors (Lipinski definition) is 1. The number of nitrogens with zero attached hydrogens (tertiary/aromatic N) is 1. The van der Waals surface area contributed by atoms with E-state index >= 15 is 0 Å². The van der Waals surface area contributed by atoms with Crippen molar-refractivity contribution in [2.75, 3.05) is 13.1 Å². The lowest BCUT2D eigenvalue weighted by molar-refractivity contribution is -0.140. The van der Waals surface area contributed by atoms with E-state index in [1.807, 2.05) is 0 Å². The maximum atomic E-state index is 12.9. The molecule has 1 saturated heterocycles. The van der Waals surface area contributed by atoms with Crippen LogP contribution < -0.4 is 5.73 Å². The Labute approximate surface area is 127 Å². The SMILES string of the molecule is CC1CCC(CN)CN1C(=O)C1CCc2ccccc2C1. The van der Waals surface area contributed by atoms with Crippen LogP contribution in [-0.4, -0.2) is 29.9 Å². The molecule has 1 aromatic carbocycles. The molecule has 3 unspecified atom stereocenters. The van der Waals surface area contributed by atoms with Crippen LogP contribution in [0.5, 0.6) is 0 Å². The number of aryl methyl sites for hydroxylation is 1. The molecule has 0 spiro atoms. The van der Waals surface area contributed by atoms with Crippen LogP contribution in [0.4, 0.5) is 0 Å². The van der Waals surface area contributed by atoms with E-state index in [1.54, 1.807) is 0 Å². The summed E-state index contributed by atoms with van der Waals surface area (Å²) in [5, 5.41) is 0. The zero-order chi connectivity index (χ0) is 14.8. The van der Waals surface area contributed by atoms with E-state index in [1.165, 1.54) is 11.1 Å². The zero-order valence-electron chi connectivity index (χ0n) is 12.9. The highest BCUT2D eigenvalue weighted by Crippen LogP contribution is 2.29. The van der Waals surface area contributed by atoms with Gasteiger partial charge in [-0.25, -0.2) is 0 Å². The Bertz CT molecular complexity index is 514. The standard InChI is InChI=1S/C18H26N2O/c1-13-6-7-14(11-19)12-20(13)18(21)17-9-8-15-4-2-3-5-16(15)10-17/h2-5,13-14,17H,6-12,19H2,1H3. The summed E-state index contributed by atoms with van der Waals surface area (Å²) in [6, 6.07) is 8.93. The van der Waals surface area contributed by atoms with Crippen LogP contribution in [0.15, 0.2) is 24.3 Å². The van der Waals surface area contributed by atoms with Crippen molar-refractivity contribution in [1.82, 2.24) is 4.90 Å². The van der Waals surface area contributed by atoms with Crippen LogP contribution in [-0.2, 0) is 17.6 Å². The van der Waals surface area contributed by atoms with Gasteiger partial charge in [-0.2, -0.15) is 0 Å². The monoisotopic (exact) mass is 286 g/mol. The predicted molar refractivity (Wildman–Crippen MR) is 84.9 cm³/mol. The number of nitrogens with two attached hydrogens (primary N) is 1. The van der Waals surface area contributed by atoms with E-state index in [0.717, 1.165) is 38.6 Å². The third-order valence-electron chi connectivity index (χ3n) is 5.29. The Kier molecular flexibility index (Phi) is 4.29. The minimum absolute atomic E-state index is 0.166. The third-order valence-corrected chi connectivity index (χ3v) is 5.29. The Morgan fingerprint density at radius 2 is 2.00 bits per heavy atom. The van der Waals surface area contributed by atoms with E-state index in [4.69, 9.17) is 5.73 Å². The Balaban J connectivity index is 1.71. The van der Waals surface area contributed by atoms with Crippen LogP contribution in [0, 0.1) is 11.8 Å². The molecule has 3 nitrogen and oxygen atoms in total. The Morgan fingerprint density at radius 3 is 2.76 bits per heavy atom. The van der Waals surface area contributed by atoms with E-state index in [2.05, 4.69) is 36.1 Å². The number of fused-ring (bicyclic) bond motifs is 1. The molecule has 114 valence electrons. The van der Waals surface area contributed by atoms with Gasteiger partial charge in [-0.1, -0.05) is 24.3 Å². The highest BCUT2D eigenvalue weighted by molar-refractivity contribution is 5.80. The first-order valence-corrected chi connectivity index (χ1v) is 8.26. The summed E-state index contributed by atoms with van der Waals surface area (Å²) in [4.78, 5) is 15.0. The van der Waals surface area contributed by atoms with Crippen molar-refractivity contribution < 1.29 is 4.79 Å². The molecule has 0 aromatic heterocycles. The summed E-state index contributed by atoms with van der Waals surface area (Å²) in [6.45, 7) is 3.74. The van der Waals surface area contributed by atoms with Gasteiger partial charge < -0.3 is 10.6 Å². The van der Waals surface area contributed by atoms with Gasteiger partial charge in [-0.3, -0.25) is 4.79 Å². The van der Waals surface area contributed by atoms with Crippen molar-refractivity contribution in [3.8, 4) is 0 Å². The second-order valence-electron chi connectivity index (χ2n) is 6.73. The summed E-state index contributed by atoms with van der Waals surface area (Å²) < 4.78 is 0. The topological polar surface area (TPSA) is 46.3 Å². The molecule has 1 aliphatic heterocycles. The quantitative estimate of drug-likeness (QED) is 0.907. The van der Waals surface area contributed by atoms with Gasteiger partial charge in [0.05, 0.1) is 0 Å². The molecule has 3 heteroatoms. The van der Waals surface area contributed by atoms with E-state index in [-0.39, 0.29) is 5.92 Å². The fraction of sp³-hybridized carbons (Fsp3) is 0.611. The fourth-order valence-corrected chi connectivity index (χ4v) is 3.82. The number of benzene rings is 1. The lowest BCUT2D eigenvalue weighted by atomic mass is 9.82. The molecule has 3 atom stereocenters. The molecule has 1 aromatic rings. The minimum Gasteiger partial charge on any atom is -0.339 e. The molecule has 1 heterocycles. The normalized spacial score (nSPS) is 29.0. The van der Waals surface area contributed by atoms with Crippen LogP contribution in [0.2, 0.25) is 0 Å². The first kappa shape index (κ1) is 14.6. The number of hydrogen-bond acceptors (Lipinski definition) is 2. The van der Waals surface area contributed by atoms with Crippen LogP contribution in [0.3, 0.4) is 0 Å². The fourth-order valence-electron chi connectivity index (χ4n) is 3.82. The molecule has 21 heavy (non-hydrogen) atoms. The van der Waals surface area contributed by atoms with Crippen molar-refractivity contribution in [1.29, 1.82) is 0 Å². The predicted octanol–water partition coefficient (Wildman–Crippen LogP) is 2.38. The maximum Gasteiger partial charge on any atom is 0.226 e. The summed E-state index contributed by atoms with van der Waals surface area (Å²) in [5.41, 5.74) is 8.60. The molecule has 1 amide bonds. The van der Waals surface area contributed by atoms with E-state index in [9.17, 15) is 4.79 Å². The molecule has 2 N–H and O–H groups in total. The van der Waals surface area contributed by atoms with Crippen LogP contribution in [0.1, 0.15) is 37.3 Å². The van der Waals surface area contributed by atoms with Gasteiger partial charge >= 0.3 is 0 Å². The molecule has 2 aliphatic rings. The number of amides is 1. The van der Waals surface area contributed by atoms with Crippen molar-refractivity contribution in [2.24, 2.45) is 17.6 Å². The van der Waals surface area contributed by atoms with Gasteiger partial charge in [0, 0.05) is 18.5 Å². The number of likely N-dealkylation sites (tertiary alicyclic amines) is 1. The highest BCUT2D eigenvalue weighted by Gasteiger charge is 2.33. The smallest absolute Gasteiger partial charge is 0.226 e. The van der Waals surface area contributed by atoms with Gasteiger partial charge in [0.25, 0.3) is 0 Å². The first-order chi connectivity index (χ1) is 10.2. The first-order valence-electron chi connectivity index (χ1n) is 8.26. The van der Waals surface area contributed by atoms with Crippen molar-refractivity contribution in [2.45, 2.75) is 45.1 Å². The van der Waals surface area contributed by atoms with Gasteiger partial charge in [-0.15, -0.1) is 0 Å². The molecule has 1 aliphatic carbocycles. The number of piperidine rings is 1. The lowest BCUT2D eigenvalue weighted by Gasteiger charge is -2.40. The molecule has 0 bridgehead atoms. The molecular weight excluding hydrogens is 260 g/mol. The number of rotatable bonds is 2. The Hall–Kier alpha value is -1.35. The van der Waals surface area contributed by atoms with Gasteiger partial charge in [0.1, 0.15) is 0 Å². The third kappa shape index (κ3) is 2.98. The summed E-state index contributed by atoms with van der Waals surface area (Å²) in [5.74, 6) is 1.01. The molecule has 3 rings (SSSR count). The Morgan fingerprint density at radius 1 is 1.24 bits per heavy atom. The maximum absolute atomic E-state index is 12.9. The van der Waals surface area contributed by atoms with Gasteiger partial charge in [0.15, 0.2) is 0 Å². The molecule has 1 fully saturated rings. The second kappa shape index (κ2) is 6.18. The lowest BCUT2D eigenvalue weighted by Crippen LogP contribution is -2.50. The van der Waals surface area contributed by atoms with Crippen LogP contribution in [0.25, 0.3) is 0 Å². The van der Waals surface area contributed by atoms with E-state index < -0.39 is 0 Å². The largest absolute Gasteiger partial charge is 0.339 e. The van der Waals surface area contributed by atoms with Crippen molar-refractivity contribution in [3.63, 3.8) is 0 Å². The summed E-state index contributed by atoms with van der Waals surface area (Å²) >= 11 is 0. The average molecular weight is 286 g/mol. The van der Waals surface area contributed by atoms with Gasteiger partial charge in [0.2, 0.25) is 5.91 Å². The number of carbonyl (C=O) groups is 1. The summed E-state index contributed by atoms with van der Waals surface area (Å²) in [7, 11) is 0. The second-order valence-corrected chi connectivity index (χ2v) is 6.73. The minimum atomic E-state index is 0.166. The molecule has 0 saturated carbocycles. The average Bonchev–Trinajstić information content (AvgIpc) is 2.54. The molecular formula is C18H26N2O. The molecule has 0 radical (unpaired) electrons. The van der Waals surface area contributed by atoms with E-state index in [0.29, 0.717) is 24.4 Å².